The Morgan fingerprint density at radius 2 is 1.75 bits per heavy atom. The SMILES string of the molecule is [2H]C1([2H])OC([2H])([2H])C([2H])([2H])N(c2cc(B3OC(C)(C)C(C)(C)O3)co2)C1([2H])[2H]. The molecule has 110 valence electrons. The van der Waals surface area contributed by atoms with Gasteiger partial charge in [0.2, 0.25) is 0 Å². The maximum atomic E-state index is 8.06. The third kappa shape index (κ3) is 2.36. The normalized spacial score (nSPS) is 41.2. The van der Waals surface area contributed by atoms with E-state index in [1.54, 1.807) is 0 Å². The molecule has 6 heteroatoms. The van der Waals surface area contributed by atoms with Crippen LogP contribution < -0.4 is 10.4 Å². The Morgan fingerprint density at radius 1 is 1.15 bits per heavy atom. The van der Waals surface area contributed by atoms with Crippen molar-refractivity contribution in [2.75, 3.05) is 31.0 Å². The van der Waals surface area contributed by atoms with Gasteiger partial charge < -0.3 is 23.4 Å². The summed E-state index contributed by atoms with van der Waals surface area (Å²) in [4.78, 5) is 0.276. The van der Waals surface area contributed by atoms with E-state index in [-0.39, 0.29) is 4.90 Å². The summed E-state index contributed by atoms with van der Waals surface area (Å²) in [5.74, 6) is -0.421. The minimum Gasteiger partial charge on any atom is -0.449 e. The number of ether oxygens (including phenoxy) is 1. The monoisotopic (exact) mass is 287 g/mol. The summed E-state index contributed by atoms with van der Waals surface area (Å²) in [5.41, 5.74) is -0.966. The molecule has 0 spiro atoms. The Labute approximate surface area is 131 Å². The van der Waals surface area contributed by atoms with Crippen LogP contribution in [0.5, 0.6) is 0 Å². The molecule has 0 saturated carbocycles. The molecule has 0 atom stereocenters. The van der Waals surface area contributed by atoms with Crippen molar-refractivity contribution in [1.29, 1.82) is 0 Å². The van der Waals surface area contributed by atoms with Gasteiger partial charge in [0.05, 0.1) is 41.5 Å². The Balaban J connectivity index is 2.01. The van der Waals surface area contributed by atoms with E-state index in [4.69, 9.17) is 24.7 Å². The first-order valence-electron chi connectivity index (χ1n) is 10.3. The van der Waals surface area contributed by atoms with Gasteiger partial charge in [0, 0.05) is 24.5 Å². The van der Waals surface area contributed by atoms with E-state index < -0.39 is 50.3 Å². The standard InChI is InChI=1S/C14H22BNO4/c1-13(2)14(3,4)20-15(19-13)11-9-12(18-10-11)16-5-7-17-8-6-16/h9-10H,5-8H2,1-4H3/i5D2,6D2,7D2,8D2. The number of anilines is 1. The molecule has 0 aliphatic carbocycles. The maximum Gasteiger partial charge on any atom is 0.498 e. The summed E-state index contributed by atoms with van der Waals surface area (Å²) in [5, 5.41) is 0. The first kappa shape index (κ1) is 7.34. The molecule has 5 nitrogen and oxygen atoms in total. The zero-order valence-electron chi connectivity index (χ0n) is 19.8. The molecule has 0 bridgehead atoms. The average Bonchev–Trinajstić information content (AvgIpc) is 2.99. The van der Waals surface area contributed by atoms with Gasteiger partial charge in [-0.2, -0.15) is 0 Å². The fourth-order valence-corrected chi connectivity index (χ4v) is 1.86. The van der Waals surface area contributed by atoms with Crippen LogP contribution in [0.25, 0.3) is 0 Å². The molecular formula is C14H22BNO4. The molecule has 1 aromatic heterocycles. The number of hydrogen-bond donors (Lipinski definition) is 0. The van der Waals surface area contributed by atoms with Crippen molar-refractivity contribution in [2.45, 2.75) is 38.9 Å². The molecule has 3 rings (SSSR count). The number of rotatable bonds is 2. The van der Waals surface area contributed by atoms with Crippen molar-refractivity contribution >= 4 is 18.5 Å². The van der Waals surface area contributed by atoms with Crippen molar-refractivity contribution in [2.24, 2.45) is 0 Å². The molecule has 2 aliphatic heterocycles. The Hall–Kier alpha value is -0.975. The lowest BCUT2D eigenvalue weighted by atomic mass is 9.81. The van der Waals surface area contributed by atoms with E-state index in [2.05, 4.69) is 4.74 Å². The summed E-state index contributed by atoms with van der Waals surface area (Å²) >= 11 is 0. The molecule has 2 saturated heterocycles. The minimum atomic E-state index is -3.15. The van der Waals surface area contributed by atoms with E-state index >= 15 is 0 Å². The zero-order valence-corrected chi connectivity index (χ0v) is 11.8. The van der Waals surface area contributed by atoms with Gasteiger partial charge in [-0.3, -0.25) is 0 Å². The lowest BCUT2D eigenvalue weighted by Gasteiger charge is -2.32. The van der Waals surface area contributed by atoms with Crippen LogP contribution in [0.2, 0.25) is 0 Å². The molecular weight excluding hydrogens is 257 g/mol. The van der Waals surface area contributed by atoms with Crippen LogP contribution in [0.1, 0.15) is 38.7 Å². The Kier molecular flexibility index (Phi) is 1.76. The largest absolute Gasteiger partial charge is 0.498 e. The minimum absolute atomic E-state index is 0.276. The van der Waals surface area contributed by atoms with Gasteiger partial charge in [-0.15, -0.1) is 0 Å². The third-order valence-electron chi connectivity index (χ3n) is 3.77. The molecule has 0 amide bonds. The van der Waals surface area contributed by atoms with Crippen LogP contribution >= 0.6 is 0 Å². The van der Waals surface area contributed by atoms with Crippen molar-refractivity contribution in [1.82, 2.24) is 0 Å². The maximum absolute atomic E-state index is 8.06. The smallest absolute Gasteiger partial charge is 0.449 e. The van der Waals surface area contributed by atoms with Crippen molar-refractivity contribution < 1.29 is 29.4 Å². The van der Waals surface area contributed by atoms with Gasteiger partial charge in [0.1, 0.15) is 0 Å². The highest BCUT2D eigenvalue weighted by molar-refractivity contribution is 6.62. The van der Waals surface area contributed by atoms with Crippen LogP contribution in [0.15, 0.2) is 16.7 Å². The van der Waals surface area contributed by atoms with E-state index in [9.17, 15) is 0 Å². The average molecular weight is 287 g/mol. The second-order valence-electron chi connectivity index (χ2n) is 5.67. The van der Waals surface area contributed by atoms with Crippen LogP contribution in [0.4, 0.5) is 5.88 Å². The number of furan rings is 1. The fraction of sp³-hybridized carbons (Fsp3) is 0.714. The predicted octanol–water partition coefficient (Wildman–Crippen LogP) is 1.42. The van der Waals surface area contributed by atoms with Gasteiger partial charge >= 0.3 is 7.12 Å². The summed E-state index contributed by atoms with van der Waals surface area (Å²) in [7, 11) is -0.867. The van der Waals surface area contributed by atoms with Gasteiger partial charge in [-0.05, 0) is 27.7 Å². The quantitative estimate of drug-likeness (QED) is 0.770. The van der Waals surface area contributed by atoms with E-state index in [0.29, 0.717) is 5.46 Å². The first-order chi connectivity index (χ1) is 12.4. The fourth-order valence-electron chi connectivity index (χ4n) is 1.86. The molecule has 0 radical (unpaired) electrons. The Bertz CT molecular complexity index is 739. The highest BCUT2D eigenvalue weighted by atomic mass is 16.7. The van der Waals surface area contributed by atoms with E-state index in [0.717, 1.165) is 0 Å². The van der Waals surface area contributed by atoms with Gasteiger partial charge in [0.25, 0.3) is 0 Å². The number of morpholine rings is 1. The van der Waals surface area contributed by atoms with Gasteiger partial charge in [-0.25, -0.2) is 0 Å². The molecule has 2 fully saturated rings. The second kappa shape index (κ2) is 4.79. The molecule has 0 unspecified atom stereocenters. The molecule has 3 heterocycles. The number of nitrogens with zero attached hydrogens (tertiary/aromatic N) is 1. The Morgan fingerprint density at radius 3 is 2.35 bits per heavy atom. The molecule has 0 N–H and O–H groups in total. The molecule has 1 aromatic rings. The van der Waals surface area contributed by atoms with E-state index in [1.165, 1.54) is 12.3 Å². The second-order valence-corrected chi connectivity index (χ2v) is 5.67. The molecule has 2 aliphatic rings. The highest BCUT2D eigenvalue weighted by Crippen LogP contribution is 2.36. The highest BCUT2D eigenvalue weighted by Gasteiger charge is 2.52. The zero-order chi connectivity index (χ0) is 21.6. The predicted molar refractivity (Wildman–Crippen MR) is 77.5 cm³/mol. The topological polar surface area (TPSA) is 44.1 Å². The van der Waals surface area contributed by atoms with Gasteiger partial charge in [-0.1, -0.05) is 0 Å². The van der Waals surface area contributed by atoms with Gasteiger partial charge in [0.15, 0.2) is 5.88 Å². The van der Waals surface area contributed by atoms with Crippen molar-refractivity contribution in [3.63, 3.8) is 0 Å². The van der Waals surface area contributed by atoms with Crippen molar-refractivity contribution in [3.8, 4) is 0 Å². The lowest BCUT2D eigenvalue weighted by Crippen LogP contribution is -2.41. The summed E-state index contributed by atoms with van der Waals surface area (Å²) in [6.45, 7) is -5.09. The summed E-state index contributed by atoms with van der Waals surface area (Å²) in [6.07, 6.45) is 1.18. The summed E-state index contributed by atoms with van der Waals surface area (Å²) < 4.78 is 84.8. The molecule has 20 heavy (non-hydrogen) atoms. The summed E-state index contributed by atoms with van der Waals surface area (Å²) in [6, 6.07) is 1.25. The first-order valence-corrected chi connectivity index (χ1v) is 6.30. The van der Waals surface area contributed by atoms with Crippen molar-refractivity contribution in [3.05, 3.63) is 12.3 Å². The van der Waals surface area contributed by atoms with E-state index in [1.807, 2.05) is 27.7 Å². The van der Waals surface area contributed by atoms with Crippen LogP contribution in [0.3, 0.4) is 0 Å². The number of hydrogen-bond acceptors (Lipinski definition) is 5. The van der Waals surface area contributed by atoms with Crippen LogP contribution in [0, 0.1) is 0 Å². The lowest BCUT2D eigenvalue weighted by molar-refractivity contribution is 0.00578. The van der Waals surface area contributed by atoms with Crippen LogP contribution in [-0.4, -0.2) is 44.4 Å². The third-order valence-corrected chi connectivity index (χ3v) is 3.77. The molecule has 0 aromatic carbocycles. The van der Waals surface area contributed by atoms with Crippen LogP contribution in [-0.2, 0) is 14.0 Å².